The number of rotatable bonds is 5. The standard InChI is InChI=1S/C10H21NO3/c1-2-3-4-8(7-12)11-5-9(13)10(14)6-11/h8-10,12-14H,2-7H2,1H3/t8?,9-,10-/m1/s1. The van der Waals surface area contributed by atoms with Gasteiger partial charge in [-0.2, -0.15) is 0 Å². The number of aliphatic hydroxyl groups is 3. The minimum absolute atomic E-state index is 0.0988. The van der Waals surface area contributed by atoms with E-state index in [0.29, 0.717) is 13.1 Å². The van der Waals surface area contributed by atoms with Gasteiger partial charge in [0.25, 0.3) is 0 Å². The summed E-state index contributed by atoms with van der Waals surface area (Å²) >= 11 is 0. The third-order valence-corrected chi connectivity index (χ3v) is 2.91. The molecule has 1 unspecified atom stereocenters. The quantitative estimate of drug-likeness (QED) is 0.567. The molecule has 4 nitrogen and oxygen atoms in total. The molecular formula is C10H21NO3. The number of β-amino-alcohol motifs (C(OH)–C–C–N with tert-alkyl or cyclic N) is 2. The lowest BCUT2D eigenvalue weighted by atomic mass is 10.1. The van der Waals surface area contributed by atoms with Gasteiger partial charge in [0, 0.05) is 19.1 Å². The lowest BCUT2D eigenvalue weighted by Gasteiger charge is -2.25. The van der Waals surface area contributed by atoms with Crippen molar-refractivity contribution in [2.24, 2.45) is 0 Å². The van der Waals surface area contributed by atoms with Crippen LogP contribution in [-0.2, 0) is 0 Å². The Morgan fingerprint density at radius 3 is 2.29 bits per heavy atom. The fraction of sp³-hybridized carbons (Fsp3) is 1.00. The summed E-state index contributed by atoms with van der Waals surface area (Å²) < 4.78 is 0. The van der Waals surface area contributed by atoms with Gasteiger partial charge in [0.1, 0.15) is 0 Å². The van der Waals surface area contributed by atoms with Crippen LogP contribution >= 0.6 is 0 Å². The SMILES string of the molecule is CCCCC(CO)N1C[C@@H](O)[C@H](O)C1. The number of hydrogen-bond acceptors (Lipinski definition) is 4. The van der Waals surface area contributed by atoms with Crippen LogP contribution in [0, 0.1) is 0 Å². The highest BCUT2D eigenvalue weighted by molar-refractivity contribution is 4.87. The van der Waals surface area contributed by atoms with Crippen molar-refractivity contribution in [1.82, 2.24) is 4.90 Å². The van der Waals surface area contributed by atoms with Gasteiger partial charge in [-0.05, 0) is 6.42 Å². The van der Waals surface area contributed by atoms with Crippen LogP contribution in [0.4, 0.5) is 0 Å². The number of unbranched alkanes of at least 4 members (excludes halogenated alkanes) is 1. The van der Waals surface area contributed by atoms with Crippen molar-refractivity contribution < 1.29 is 15.3 Å². The second-order valence-electron chi connectivity index (χ2n) is 4.07. The summed E-state index contributed by atoms with van der Waals surface area (Å²) in [6, 6.07) is 0.0988. The van der Waals surface area contributed by atoms with E-state index in [2.05, 4.69) is 6.92 Å². The zero-order valence-electron chi connectivity index (χ0n) is 8.76. The smallest absolute Gasteiger partial charge is 0.0938 e. The number of nitrogens with zero attached hydrogens (tertiary/aromatic N) is 1. The summed E-state index contributed by atoms with van der Waals surface area (Å²) in [7, 11) is 0. The Hall–Kier alpha value is -0.160. The van der Waals surface area contributed by atoms with E-state index in [1.54, 1.807) is 0 Å². The average molecular weight is 203 g/mol. The highest BCUT2D eigenvalue weighted by Gasteiger charge is 2.33. The van der Waals surface area contributed by atoms with Crippen LogP contribution in [0.1, 0.15) is 26.2 Å². The topological polar surface area (TPSA) is 63.9 Å². The second-order valence-corrected chi connectivity index (χ2v) is 4.07. The number of likely N-dealkylation sites (tertiary alicyclic amines) is 1. The van der Waals surface area contributed by atoms with E-state index < -0.39 is 12.2 Å². The first-order valence-corrected chi connectivity index (χ1v) is 5.40. The minimum Gasteiger partial charge on any atom is -0.395 e. The normalized spacial score (nSPS) is 30.9. The molecule has 84 valence electrons. The van der Waals surface area contributed by atoms with Crippen LogP contribution in [0.15, 0.2) is 0 Å². The van der Waals surface area contributed by atoms with E-state index in [-0.39, 0.29) is 12.6 Å². The molecule has 0 bridgehead atoms. The molecule has 3 N–H and O–H groups in total. The molecule has 0 aromatic carbocycles. The van der Waals surface area contributed by atoms with E-state index in [1.807, 2.05) is 4.90 Å². The van der Waals surface area contributed by atoms with Gasteiger partial charge in [-0.25, -0.2) is 0 Å². The molecule has 4 heteroatoms. The molecular weight excluding hydrogens is 182 g/mol. The van der Waals surface area contributed by atoms with Gasteiger partial charge in [-0.1, -0.05) is 19.8 Å². The van der Waals surface area contributed by atoms with E-state index >= 15 is 0 Å². The van der Waals surface area contributed by atoms with Crippen molar-refractivity contribution in [3.63, 3.8) is 0 Å². The summed E-state index contributed by atoms with van der Waals surface area (Å²) in [6.07, 6.45) is 1.83. The molecule has 0 radical (unpaired) electrons. The van der Waals surface area contributed by atoms with Gasteiger partial charge in [0.2, 0.25) is 0 Å². The Morgan fingerprint density at radius 1 is 1.29 bits per heavy atom. The maximum Gasteiger partial charge on any atom is 0.0938 e. The Balaban J connectivity index is 2.37. The van der Waals surface area contributed by atoms with Crippen LogP contribution in [0.25, 0.3) is 0 Å². The highest BCUT2D eigenvalue weighted by Crippen LogP contribution is 2.16. The predicted octanol–water partition coefficient (Wildman–Crippen LogP) is -0.425. The van der Waals surface area contributed by atoms with Crippen LogP contribution < -0.4 is 0 Å². The fourth-order valence-electron chi connectivity index (χ4n) is 1.93. The summed E-state index contributed by atoms with van der Waals surface area (Å²) in [5, 5.41) is 27.9. The van der Waals surface area contributed by atoms with Gasteiger partial charge in [0.05, 0.1) is 18.8 Å². The van der Waals surface area contributed by atoms with Crippen molar-refractivity contribution in [2.45, 2.75) is 44.4 Å². The van der Waals surface area contributed by atoms with Crippen molar-refractivity contribution in [1.29, 1.82) is 0 Å². The maximum absolute atomic E-state index is 9.36. The lowest BCUT2D eigenvalue weighted by Crippen LogP contribution is -2.37. The molecule has 1 aliphatic heterocycles. The monoisotopic (exact) mass is 203 g/mol. The van der Waals surface area contributed by atoms with Crippen LogP contribution in [-0.4, -0.2) is 58.2 Å². The fourth-order valence-corrected chi connectivity index (χ4v) is 1.93. The summed E-state index contributed by atoms with van der Waals surface area (Å²) in [5.41, 5.74) is 0. The predicted molar refractivity (Wildman–Crippen MR) is 54.0 cm³/mol. The van der Waals surface area contributed by atoms with Gasteiger partial charge in [-0.3, -0.25) is 4.90 Å². The molecule has 1 aliphatic rings. The van der Waals surface area contributed by atoms with Crippen molar-refractivity contribution in [2.75, 3.05) is 19.7 Å². The van der Waals surface area contributed by atoms with Crippen molar-refractivity contribution in [3.8, 4) is 0 Å². The second kappa shape index (κ2) is 5.66. The Bertz CT molecular complexity index is 155. The molecule has 3 atom stereocenters. The van der Waals surface area contributed by atoms with Crippen molar-refractivity contribution >= 4 is 0 Å². The molecule has 0 aromatic heterocycles. The van der Waals surface area contributed by atoms with Gasteiger partial charge < -0.3 is 15.3 Å². The van der Waals surface area contributed by atoms with Gasteiger partial charge >= 0.3 is 0 Å². The van der Waals surface area contributed by atoms with Gasteiger partial charge in [0.15, 0.2) is 0 Å². The lowest BCUT2D eigenvalue weighted by molar-refractivity contribution is 0.0572. The molecule has 14 heavy (non-hydrogen) atoms. The minimum atomic E-state index is -0.648. The van der Waals surface area contributed by atoms with E-state index in [4.69, 9.17) is 0 Å². The number of hydrogen-bond donors (Lipinski definition) is 3. The van der Waals surface area contributed by atoms with Gasteiger partial charge in [-0.15, -0.1) is 0 Å². The third kappa shape index (κ3) is 2.92. The largest absolute Gasteiger partial charge is 0.395 e. The zero-order chi connectivity index (χ0) is 10.6. The van der Waals surface area contributed by atoms with Crippen LogP contribution in [0.5, 0.6) is 0 Å². The number of aliphatic hydroxyl groups excluding tert-OH is 3. The third-order valence-electron chi connectivity index (χ3n) is 2.91. The molecule has 1 heterocycles. The highest BCUT2D eigenvalue weighted by atomic mass is 16.3. The van der Waals surface area contributed by atoms with E-state index in [0.717, 1.165) is 19.3 Å². The van der Waals surface area contributed by atoms with E-state index in [1.165, 1.54) is 0 Å². The first-order chi connectivity index (χ1) is 6.69. The van der Waals surface area contributed by atoms with Crippen LogP contribution in [0.3, 0.4) is 0 Å². The summed E-state index contributed by atoms with van der Waals surface area (Å²) in [4.78, 5) is 1.98. The molecule has 1 rings (SSSR count). The first-order valence-electron chi connectivity index (χ1n) is 5.40. The Kier molecular flexibility index (Phi) is 4.81. The Morgan fingerprint density at radius 2 is 1.86 bits per heavy atom. The average Bonchev–Trinajstić information content (AvgIpc) is 2.48. The maximum atomic E-state index is 9.36. The first kappa shape index (κ1) is 11.9. The van der Waals surface area contributed by atoms with E-state index in [9.17, 15) is 15.3 Å². The van der Waals surface area contributed by atoms with Crippen LogP contribution in [0.2, 0.25) is 0 Å². The molecule has 0 spiro atoms. The zero-order valence-corrected chi connectivity index (χ0v) is 8.76. The summed E-state index contributed by atoms with van der Waals surface area (Å²) in [6.45, 7) is 3.19. The Labute approximate surface area is 85.2 Å². The molecule has 0 amide bonds. The molecule has 0 aliphatic carbocycles. The molecule has 0 saturated carbocycles. The molecule has 1 saturated heterocycles. The molecule has 1 fully saturated rings. The van der Waals surface area contributed by atoms with Crippen molar-refractivity contribution in [3.05, 3.63) is 0 Å². The molecule has 0 aromatic rings. The summed E-state index contributed by atoms with van der Waals surface area (Å²) in [5.74, 6) is 0.